The van der Waals surface area contributed by atoms with E-state index < -0.39 is 0 Å². The van der Waals surface area contributed by atoms with Crippen molar-refractivity contribution in [1.29, 1.82) is 0 Å². The fraction of sp³-hybridized carbons (Fsp3) is 0.364. The summed E-state index contributed by atoms with van der Waals surface area (Å²) in [6, 6.07) is 16.1. The van der Waals surface area contributed by atoms with Gasteiger partial charge in [-0.2, -0.15) is 0 Å². The van der Waals surface area contributed by atoms with Crippen LogP contribution in [0.3, 0.4) is 0 Å². The molecule has 1 heterocycles. The molecule has 0 bridgehead atoms. The molecular weight excluding hydrogens is 338 g/mol. The van der Waals surface area contributed by atoms with Crippen molar-refractivity contribution < 1.29 is 9.59 Å². The van der Waals surface area contributed by atoms with Gasteiger partial charge in [-0.15, -0.1) is 0 Å². The number of hydrogen-bond acceptors (Lipinski definition) is 3. The number of anilines is 1. The normalized spacial score (nSPS) is 14.8. The highest BCUT2D eigenvalue weighted by Gasteiger charge is 2.22. The minimum atomic E-state index is -0.255. The zero-order valence-electron chi connectivity index (χ0n) is 16.1. The van der Waals surface area contributed by atoms with Crippen molar-refractivity contribution in [3.63, 3.8) is 0 Å². The molecule has 5 heteroatoms. The molecule has 1 fully saturated rings. The molecule has 2 aromatic carbocycles. The lowest BCUT2D eigenvalue weighted by Crippen LogP contribution is -2.48. The Morgan fingerprint density at radius 2 is 1.63 bits per heavy atom. The molecule has 0 aliphatic carbocycles. The van der Waals surface area contributed by atoms with Crippen LogP contribution in [0.15, 0.2) is 48.5 Å². The molecule has 1 saturated heterocycles. The van der Waals surface area contributed by atoms with Crippen molar-refractivity contribution >= 4 is 17.5 Å². The molecule has 1 N–H and O–H groups in total. The Labute approximate surface area is 161 Å². The number of carbonyl (C=O) groups excluding carboxylic acids is 2. The van der Waals surface area contributed by atoms with Gasteiger partial charge in [-0.1, -0.05) is 36.4 Å². The number of aryl methyl sites for hydroxylation is 2. The molecule has 142 valence electrons. The van der Waals surface area contributed by atoms with Gasteiger partial charge < -0.3 is 10.2 Å². The SMILES string of the molecule is Cc1ccc(NC(=O)CC(=O)N2CCN(Cc3ccccc3)CC2)cc1C. The minimum Gasteiger partial charge on any atom is -0.340 e. The van der Waals surface area contributed by atoms with E-state index in [1.165, 1.54) is 11.1 Å². The maximum Gasteiger partial charge on any atom is 0.233 e. The molecule has 1 aliphatic rings. The zero-order valence-corrected chi connectivity index (χ0v) is 16.1. The number of carbonyl (C=O) groups is 2. The van der Waals surface area contributed by atoms with Crippen LogP contribution in [0.5, 0.6) is 0 Å². The molecule has 0 radical (unpaired) electrons. The highest BCUT2D eigenvalue weighted by atomic mass is 16.2. The number of benzene rings is 2. The first-order valence-corrected chi connectivity index (χ1v) is 9.42. The first-order chi connectivity index (χ1) is 13.0. The van der Waals surface area contributed by atoms with Crippen LogP contribution in [0, 0.1) is 13.8 Å². The molecule has 0 aromatic heterocycles. The van der Waals surface area contributed by atoms with E-state index in [1.807, 2.05) is 50.2 Å². The van der Waals surface area contributed by atoms with E-state index >= 15 is 0 Å². The number of piperazine rings is 1. The lowest BCUT2D eigenvalue weighted by Gasteiger charge is -2.34. The van der Waals surface area contributed by atoms with Gasteiger partial charge in [0.15, 0.2) is 0 Å². The highest BCUT2D eigenvalue weighted by Crippen LogP contribution is 2.15. The Kier molecular flexibility index (Phi) is 6.24. The number of amides is 2. The zero-order chi connectivity index (χ0) is 19.2. The van der Waals surface area contributed by atoms with Gasteiger partial charge in [0, 0.05) is 38.4 Å². The van der Waals surface area contributed by atoms with Gasteiger partial charge in [0.25, 0.3) is 0 Å². The molecule has 0 saturated carbocycles. The largest absolute Gasteiger partial charge is 0.340 e. The number of rotatable bonds is 5. The van der Waals surface area contributed by atoms with Crippen LogP contribution < -0.4 is 5.32 Å². The Morgan fingerprint density at radius 3 is 2.30 bits per heavy atom. The van der Waals surface area contributed by atoms with Crippen LogP contribution in [0.1, 0.15) is 23.1 Å². The van der Waals surface area contributed by atoms with E-state index in [1.54, 1.807) is 4.90 Å². The average Bonchev–Trinajstić information content (AvgIpc) is 2.66. The second-order valence-corrected chi connectivity index (χ2v) is 7.17. The van der Waals surface area contributed by atoms with E-state index in [2.05, 4.69) is 22.3 Å². The monoisotopic (exact) mass is 365 g/mol. The van der Waals surface area contributed by atoms with Gasteiger partial charge in [0.05, 0.1) is 0 Å². The molecule has 0 unspecified atom stereocenters. The van der Waals surface area contributed by atoms with Crippen LogP contribution in [0.25, 0.3) is 0 Å². The third kappa shape index (κ3) is 5.41. The predicted molar refractivity (Wildman–Crippen MR) is 107 cm³/mol. The smallest absolute Gasteiger partial charge is 0.233 e. The third-order valence-electron chi connectivity index (χ3n) is 5.08. The molecule has 2 aromatic rings. The van der Waals surface area contributed by atoms with Crippen LogP contribution in [0.4, 0.5) is 5.69 Å². The van der Waals surface area contributed by atoms with Crippen molar-refractivity contribution in [1.82, 2.24) is 9.80 Å². The number of nitrogens with zero attached hydrogens (tertiary/aromatic N) is 2. The van der Waals surface area contributed by atoms with Crippen molar-refractivity contribution in [3.8, 4) is 0 Å². The predicted octanol–water partition coefficient (Wildman–Crippen LogP) is 2.98. The second kappa shape index (κ2) is 8.82. The average molecular weight is 365 g/mol. The van der Waals surface area contributed by atoms with Crippen LogP contribution in [-0.2, 0) is 16.1 Å². The summed E-state index contributed by atoms with van der Waals surface area (Å²) < 4.78 is 0. The summed E-state index contributed by atoms with van der Waals surface area (Å²) in [6.45, 7) is 7.94. The molecule has 0 atom stereocenters. The Bertz CT molecular complexity index is 796. The van der Waals surface area contributed by atoms with Gasteiger partial charge in [-0.25, -0.2) is 0 Å². The molecule has 1 aliphatic heterocycles. The third-order valence-corrected chi connectivity index (χ3v) is 5.08. The minimum absolute atomic E-state index is 0.101. The summed E-state index contributed by atoms with van der Waals surface area (Å²) in [5.41, 5.74) is 4.32. The van der Waals surface area contributed by atoms with Crippen molar-refractivity contribution in [2.75, 3.05) is 31.5 Å². The number of hydrogen-bond donors (Lipinski definition) is 1. The molecule has 2 amide bonds. The van der Waals surface area contributed by atoms with Crippen LogP contribution >= 0.6 is 0 Å². The van der Waals surface area contributed by atoms with E-state index in [0.717, 1.165) is 30.9 Å². The standard InChI is InChI=1S/C22H27N3O2/c1-17-8-9-20(14-18(17)2)23-21(26)15-22(27)25-12-10-24(11-13-25)16-19-6-4-3-5-7-19/h3-9,14H,10-13,15-16H2,1-2H3,(H,23,26). The summed E-state index contributed by atoms with van der Waals surface area (Å²) in [5.74, 6) is -0.356. The fourth-order valence-electron chi connectivity index (χ4n) is 3.27. The Balaban J connectivity index is 1.44. The fourth-order valence-corrected chi connectivity index (χ4v) is 3.27. The van der Waals surface area contributed by atoms with Gasteiger partial charge >= 0.3 is 0 Å². The second-order valence-electron chi connectivity index (χ2n) is 7.17. The Morgan fingerprint density at radius 1 is 0.926 bits per heavy atom. The van der Waals surface area contributed by atoms with Gasteiger partial charge in [-0.05, 0) is 42.7 Å². The lowest BCUT2D eigenvalue weighted by atomic mass is 10.1. The first kappa shape index (κ1) is 19.1. The summed E-state index contributed by atoms with van der Waals surface area (Å²) >= 11 is 0. The van der Waals surface area contributed by atoms with Crippen molar-refractivity contribution in [2.45, 2.75) is 26.8 Å². The summed E-state index contributed by atoms with van der Waals surface area (Å²) in [5, 5.41) is 2.82. The van der Waals surface area contributed by atoms with E-state index in [4.69, 9.17) is 0 Å². The molecule has 27 heavy (non-hydrogen) atoms. The van der Waals surface area contributed by atoms with Gasteiger partial charge in [-0.3, -0.25) is 14.5 Å². The number of nitrogens with one attached hydrogen (secondary N) is 1. The summed E-state index contributed by atoms with van der Waals surface area (Å²) in [6.07, 6.45) is -0.106. The first-order valence-electron chi connectivity index (χ1n) is 9.42. The maximum atomic E-state index is 12.4. The van der Waals surface area contributed by atoms with E-state index in [0.29, 0.717) is 13.1 Å². The summed E-state index contributed by atoms with van der Waals surface area (Å²) in [7, 11) is 0. The topological polar surface area (TPSA) is 52.7 Å². The van der Waals surface area contributed by atoms with Gasteiger partial charge in [0.2, 0.25) is 11.8 Å². The van der Waals surface area contributed by atoms with E-state index in [-0.39, 0.29) is 18.2 Å². The van der Waals surface area contributed by atoms with Crippen LogP contribution in [-0.4, -0.2) is 47.8 Å². The quantitative estimate of drug-likeness (QED) is 0.829. The van der Waals surface area contributed by atoms with E-state index in [9.17, 15) is 9.59 Å². The molecule has 3 rings (SSSR count). The lowest BCUT2D eigenvalue weighted by molar-refractivity contribution is -0.136. The molecule has 5 nitrogen and oxygen atoms in total. The van der Waals surface area contributed by atoms with Gasteiger partial charge in [0.1, 0.15) is 6.42 Å². The molecule has 0 spiro atoms. The molecular formula is C22H27N3O2. The summed E-state index contributed by atoms with van der Waals surface area (Å²) in [4.78, 5) is 28.8. The highest BCUT2D eigenvalue weighted by molar-refractivity contribution is 6.03. The van der Waals surface area contributed by atoms with Crippen LogP contribution in [0.2, 0.25) is 0 Å². The van der Waals surface area contributed by atoms with Crippen molar-refractivity contribution in [2.24, 2.45) is 0 Å². The maximum absolute atomic E-state index is 12.4. The Hall–Kier alpha value is -2.66. The van der Waals surface area contributed by atoms with Crippen molar-refractivity contribution in [3.05, 3.63) is 65.2 Å².